The molecule has 0 N–H and O–H groups in total. The SMILES string of the molecule is O=C(c1ccc2c(c1)n(Cc1cccc(F)c1)c(=O)c1ccnn12)N1CCCCCC1. The predicted octanol–water partition coefficient (Wildman–Crippen LogP) is 3.85. The molecule has 0 radical (unpaired) electrons. The van der Waals surface area contributed by atoms with Crippen molar-refractivity contribution < 1.29 is 9.18 Å². The van der Waals surface area contributed by atoms with Crippen molar-refractivity contribution in [3.8, 4) is 0 Å². The van der Waals surface area contributed by atoms with Crippen LogP contribution < -0.4 is 5.56 Å². The van der Waals surface area contributed by atoms with Crippen LogP contribution in [-0.2, 0) is 6.54 Å². The molecule has 1 aliphatic rings. The maximum absolute atomic E-state index is 13.7. The van der Waals surface area contributed by atoms with Crippen LogP contribution in [0.5, 0.6) is 0 Å². The Morgan fingerprint density at radius 1 is 0.935 bits per heavy atom. The van der Waals surface area contributed by atoms with Gasteiger partial charge in [-0.1, -0.05) is 25.0 Å². The van der Waals surface area contributed by atoms with Gasteiger partial charge in [-0.15, -0.1) is 0 Å². The Hall–Kier alpha value is -3.48. The summed E-state index contributed by atoms with van der Waals surface area (Å²) in [6, 6.07) is 13.3. The molecular weight excluding hydrogens is 395 g/mol. The number of hydrogen-bond donors (Lipinski definition) is 0. The Bertz CT molecular complexity index is 1330. The smallest absolute Gasteiger partial charge is 0.277 e. The number of nitrogens with zero attached hydrogens (tertiary/aromatic N) is 4. The van der Waals surface area contributed by atoms with Crippen LogP contribution in [0.15, 0.2) is 59.5 Å². The van der Waals surface area contributed by atoms with Crippen molar-refractivity contribution in [3.63, 3.8) is 0 Å². The third kappa shape index (κ3) is 3.60. The summed E-state index contributed by atoms with van der Waals surface area (Å²) in [6.45, 7) is 1.71. The average Bonchev–Trinajstić information content (AvgIpc) is 3.11. The van der Waals surface area contributed by atoms with Crippen molar-refractivity contribution in [3.05, 3.63) is 82.0 Å². The second kappa shape index (κ2) is 7.98. The monoisotopic (exact) mass is 418 g/mol. The van der Waals surface area contributed by atoms with E-state index in [1.807, 2.05) is 11.0 Å². The lowest BCUT2D eigenvalue weighted by molar-refractivity contribution is 0.0762. The van der Waals surface area contributed by atoms with Gasteiger partial charge in [0.2, 0.25) is 0 Å². The number of benzene rings is 2. The molecule has 0 saturated carbocycles. The van der Waals surface area contributed by atoms with E-state index >= 15 is 0 Å². The minimum Gasteiger partial charge on any atom is -0.339 e. The lowest BCUT2D eigenvalue weighted by Crippen LogP contribution is -2.32. The van der Waals surface area contributed by atoms with Crippen molar-refractivity contribution >= 4 is 22.5 Å². The van der Waals surface area contributed by atoms with Gasteiger partial charge in [-0.25, -0.2) is 8.91 Å². The van der Waals surface area contributed by atoms with Crippen LogP contribution in [0.4, 0.5) is 4.39 Å². The molecule has 2 aromatic heterocycles. The quantitative estimate of drug-likeness (QED) is 0.508. The van der Waals surface area contributed by atoms with Gasteiger partial charge in [0.25, 0.3) is 11.5 Å². The summed E-state index contributed by atoms with van der Waals surface area (Å²) in [4.78, 5) is 28.3. The number of carbonyl (C=O) groups excluding carboxylic acids is 1. The standard InChI is InChI=1S/C24H23FN4O2/c25-19-7-5-6-17(14-19)16-28-22-15-18(23(30)27-12-3-1-2-4-13-27)8-9-20(22)29-21(24(28)31)10-11-26-29/h5-11,14-15H,1-4,12-13,16H2. The Kier molecular flexibility index (Phi) is 5.02. The third-order valence-corrected chi connectivity index (χ3v) is 5.97. The van der Waals surface area contributed by atoms with Gasteiger partial charge >= 0.3 is 0 Å². The summed E-state index contributed by atoms with van der Waals surface area (Å²) in [5, 5.41) is 4.29. The van der Waals surface area contributed by atoms with E-state index in [4.69, 9.17) is 0 Å². The van der Waals surface area contributed by atoms with E-state index < -0.39 is 0 Å². The van der Waals surface area contributed by atoms with Gasteiger partial charge in [0.15, 0.2) is 0 Å². The molecule has 1 saturated heterocycles. The van der Waals surface area contributed by atoms with Crippen molar-refractivity contribution in [2.45, 2.75) is 32.2 Å². The molecule has 0 spiro atoms. The lowest BCUT2D eigenvalue weighted by Gasteiger charge is -2.21. The zero-order chi connectivity index (χ0) is 21.4. The van der Waals surface area contributed by atoms with E-state index in [2.05, 4.69) is 5.10 Å². The van der Waals surface area contributed by atoms with Crippen LogP contribution in [0.3, 0.4) is 0 Å². The molecule has 1 amide bonds. The number of rotatable bonds is 3. The summed E-state index contributed by atoms with van der Waals surface area (Å²) in [5.41, 5.74) is 2.77. The van der Waals surface area contributed by atoms with Crippen molar-refractivity contribution in [2.24, 2.45) is 0 Å². The second-order valence-electron chi connectivity index (χ2n) is 8.06. The largest absolute Gasteiger partial charge is 0.339 e. The molecule has 31 heavy (non-hydrogen) atoms. The fraction of sp³-hybridized carbons (Fsp3) is 0.292. The highest BCUT2D eigenvalue weighted by Gasteiger charge is 2.19. The van der Waals surface area contributed by atoms with E-state index in [9.17, 15) is 14.0 Å². The highest BCUT2D eigenvalue weighted by Crippen LogP contribution is 2.20. The van der Waals surface area contributed by atoms with E-state index in [1.165, 1.54) is 12.1 Å². The van der Waals surface area contributed by atoms with Crippen molar-refractivity contribution in [2.75, 3.05) is 13.1 Å². The number of amides is 1. The van der Waals surface area contributed by atoms with Gasteiger partial charge in [-0.05, 0) is 54.8 Å². The summed E-state index contributed by atoms with van der Waals surface area (Å²) in [6.07, 6.45) is 5.89. The van der Waals surface area contributed by atoms with Gasteiger partial charge in [0.1, 0.15) is 11.3 Å². The van der Waals surface area contributed by atoms with E-state index in [0.717, 1.165) is 44.3 Å². The number of hydrogen-bond acceptors (Lipinski definition) is 3. The molecule has 3 heterocycles. The first-order valence-electron chi connectivity index (χ1n) is 10.7. The zero-order valence-corrected chi connectivity index (χ0v) is 17.1. The molecule has 0 unspecified atom stereocenters. The molecule has 6 nitrogen and oxygen atoms in total. The van der Waals surface area contributed by atoms with Gasteiger partial charge in [-0.2, -0.15) is 5.10 Å². The number of carbonyl (C=O) groups is 1. The number of likely N-dealkylation sites (tertiary alicyclic amines) is 1. The van der Waals surface area contributed by atoms with Crippen LogP contribution in [0.25, 0.3) is 16.6 Å². The minimum atomic E-state index is -0.350. The zero-order valence-electron chi connectivity index (χ0n) is 17.1. The molecule has 0 bridgehead atoms. The Labute approximate surface area is 178 Å². The maximum Gasteiger partial charge on any atom is 0.277 e. The first-order chi connectivity index (χ1) is 15.1. The molecule has 0 aliphatic carbocycles. The van der Waals surface area contributed by atoms with E-state index in [0.29, 0.717) is 22.2 Å². The van der Waals surface area contributed by atoms with Crippen molar-refractivity contribution in [1.29, 1.82) is 0 Å². The Morgan fingerprint density at radius 2 is 1.74 bits per heavy atom. The summed E-state index contributed by atoms with van der Waals surface area (Å²) in [5.74, 6) is -0.369. The van der Waals surface area contributed by atoms with Crippen LogP contribution >= 0.6 is 0 Å². The summed E-state index contributed by atoms with van der Waals surface area (Å²) < 4.78 is 16.9. The van der Waals surface area contributed by atoms with Crippen LogP contribution in [0, 0.1) is 5.82 Å². The van der Waals surface area contributed by atoms with Crippen molar-refractivity contribution in [1.82, 2.24) is 19.1 Å². The third-order valence-electron chi connectivity index (χ3n) is 5.97. The molecule has 2 aromatic carbocycles. The van der Waals surface area contributed by atoms with E-state index in [1.54, 1.807) is 45.6 Å². The molecule has 1 fully saturated rings. The van der Waals surface area contributed by atoms with Gasteiger partial charge in [0.05, 0.1) is 23.8 Å². The molecule has 1 aliphatic heterocycles. The van der Waals surface area contributed by atoms with Crippen LogP contribution in [-0.4, -0.2) is 38.1 Å². The topological polar surface area (TPSA) is 59.6 Å². The molecule has 5 rings (SSSR count). The highest BCUT2D eigenvalue weighted by molar-refractivity contribution is 5.97. The fourth-order valence-corrected chi connectivity index (χ4v) is 4.39. The van der Waals surface area contributed by atoms with Gasteiger partial charge in [0, 0.05) is 18.7 Å². The average molecular weight is 418 g/mol. The summed E-state index contributed by atoms with van der Waals surface area (Å²) in [7, 11) is 0. The molecule has 4 aromatic rings. The molecule has 7 heteroatoms. The minimum absolute atomic E-state index is 0.0193. The second-order valence-corrected chi connectivity index (χ2v) is 8.06. The number of aromatic nitrogens is 3. The van der Waals surface area contributed by atoms with Crippen LogP contribution in [0.1, 0.15) is 41.6 Å². The molecule has 0 atom stereocenters. The summed E-state index contributed by atoms with van der Waals surface area (Å²) >= 11 is 0. The van der Waals surface area contributed by atoms with Crippen LogP contribution in [0.2, 0.25) is 0 Å². The Morgan fingerprint density at radius 3 is 2.52 bits per heavy atom. The first-order valence-corrected chi connectivity index (χ1v) is 10.7. The number of halogens is 1. The molecular formula is C24H23FN4O2. The first kappa shape index (κ1) is 19.5. The van der Waals surface area contributed by atoms with E-state index in [-0.39, 0.29) is 23.8 Å². The fourth-order valence-electron chi connectivity index (χ4n) is 4.39. The maximum atomic E-state index is 13.7. The highest BCUT2D eigenvalue weighted by atomic mass is 19.1. The van der Waals surface area contributed by atoms with Gasteiger partial charge < -0.3 is 9.47 Å². The van der Waals surface area contributed by atoms with Gasteiger partial charge in [-0.3, -0.25) is 9.59 Å². The number of fused-ring (bicyclic) bond motifs is 3. The molecule has 158 valence electrons. The normalized spacial score (nSPS) is 14.8. The predicted molar refractivity (Wildman–Crippen MR) is 117 cm³/mol. The lowest BCUT2D eigenvalue weighted by atomic mass is 10.1. The Balaban J connectivity index is 1.65.